The van der Waals surface area contributed by atoms with Gasteiger partial charge in [0.25, 0.3) is 0 Å². The third-order valence-corrected chi connectivity index (χ3v) is 3.74. The van der Waals surface area contributed by atoms with Crippen LogP contribution < -0.4 is 11.1 Å². The van der Waals surface area contributed by atoms with E-state index in [1.165, 1.54) is 32.2 Å². The maximum atomic E-state index is 5.85. The van der Waals surface area contributed by atoms with Crippen molar-refractivity contribution >= 4 is 0 Å². The van der Waals surface area contributed by atoms with E-state index >= 15 is 0 Å². The quantitative estimate of drug-likeness (QED) is 0.653. The monoisotopic (exact) mass is 182 g/mol. The van der Waals surface area contributed by atoms with Gasteiger partial charge in [0.15, 0.2) is 0 Å². The molecule has 3 N–H and O–H groups in total. The highest BCUT2D eigenvalue weighted by atomic mass is 14.9. The molecule has 2 fully saturated rings. The molecule has 1 atom stereocenters. The normalized spacial score (nSPS) is 27.2. The van der Waals surface area contributed by atoms with Crippen LogP contribution in [0.2, 0.25) is 0 Å². The van der Waals surface area contributed by atoms with Crippen LogP contribution in [-0.2, 0) is 0 Å². The summed E-state index contributed by atoms with van der Waals surface area (Å²) in [6.07, 6.45) is 6.99. The summed E-state index contributed by atoms with van der Waals surface area (Å²) in [5, 5.41) is 3.54. The summed E-state index contributed by atoms with van der Waals surface area (Å²) >= 11 is 0. The first kappa shape index (κ1) is 9.47. The molecule has 2 aliphatic rings. The van der Waals surface area contributed by atoms with Crippen LogP contribution in [0.3, 0.4) is 0 Å². The second kappa shape index (κ2) is 3.58. The van der Waals surface area contributed by atoms with Crippen LogP contribution in [0.25, 0.3) is 0 Å². The fraction of sp³-hybridized carbons (Fsp3) is 1.00. The molecule has 2 nitrogen and oxygen atoms in total. The Morgan fingerprint density at radius 2 is 2.15 bits per heavy atom. The summed E-state index contributed by atoms with van der Waals surface area (Å²) in [4.78, 5) is 0. The van der Waals surface area contributed by atoms with Crippen LogP contribution in [0.5, 0.6) is 0 Å². The molecule has 0 heterocycles. The van der Waals surface area contributed by atoms with Gasteiger partial charge in [-0.3, -0.25) is 0 Å². The maximum absolute atomic E-state index is 5.85. The number of nitrogens with one attached hydrogen (secondary N) is 1. The molecule has 0 spiro atoms. The summed E-state index contributed by atoms with van der Waals surface area (Å²) in [6, 6.07) is 0.356. The second-order valence-corrected chi connectivity index (χ2v) is 4.94. The molecule has 76 valence electrons. The van der Waals surface area contributed by atoms with Crippen molar-refractivity contribution < 1.29 is 0 Å². The van der Waals surface area contributed by atoms with Gasteiger partial charge in [0.2, 0.25) is 0 Å². The smallest absolute Gasteiger partial charge is 0.0162 e. The fourth-order valence-corrected chi connectivity index (χ4v) is 2.24. The molecular formula is C11H22N2. The van der Waals surface area contributed by atoms with Crippen LogP contribution in [0, 0.1) is 11.3 Å². The van der Waals surface area contributed by atoms with Gasteiger partial charge in [0, 0.05) is 19.1 Å². The van der Waals surface area contributed by atoms with Crippen molar-refractivity contribution in [3.8, 4) is 0 Å². The van der Waals surface area contributed by atoms with Crippen LogP contribution in [0.15, 0.2) is 0 Å². The Hall–Kier alpha value is -0.0800. The molecule has 13 heavy (non-hydrogen) atoms. The van der Waals surface area contributed by atoms with Gasteiger partial charge in [-0.15, -0.1) is 0 Å². The molecule has 0 radical (unpaired) electrons. The van der Waals surface area contributed by atoms with Crippen molar-refractivity contribution in [2.24, 2.45) is 17.1 Å². The largest absolute Gasteiger partial charge is 0.327 e. The number of rotatable bonds is 6. The first-order valence-electron chi connectivity index (χ1n) is 5.73. The molecule has 0 amide bonds. The third-order valence-electron chi connectivity index (χ3n) is 3.74. The molecule has 2 aliphatic carbocycles. The first-order chi connectivity index (χ1) is 6.27. The summed E-state index contributed by atoms with van der Waals surface area (Å²) in [7, 11) is 0. The van der Waals surface area contributed by atoms with E-state index in [1.54, 1.807) is 0 Å². The second-order valence-electron chi connectivity index (χ2n) is 4.94. The van der Waals surface area contributed by atoms with E-state index in [1.807, 2.05) is 0 Å². The van der Waals surface area contributed by atoms with Crippen LogP contribution >= 0.6 is 0 Å². The van der Waals surface area contributed by atoms with E-state index in [0.29, 0.717) is 6.04 Å². The molecule has 0 aliphatic heterocycles. The Morgan fingerprint density at radius 3 is 2.62 bits per heavy atom. The minimum absolute atomic E-state index is 0.356. The lowest BCUT2D eigenvalue weighted by molar-refractivity contribution is 0.394. The fourth-order valence-electron chi connectivity index (χ4n) is 2.24. The topological polar surface area (TPSA) is 38.0 Å². The standard InChI is InChI=1S/C11H22N2/c1-2-10(12)7-13-8-11(5-6-11)9-3-4-9/h9-10,13H,2-8,12H2,1H3. The zero-order valence-electron chi connectivity index (χ0n) is 8.68. The predicted molar refractivity (Wildman–Crippen MR) is 55.5 cm³/mol. The van der Waals surface area contributed by atoms with E-state index in [9.17, 15) is 0 Å². The average Bonchev–Trinajstić information content (AvgIpc) is 2.96. The van der Waals surface area contributed by atoms with E-state index < -0.39 is 0 Å². The first-order valence-corrected chi connectivity index (χ1v) is 5.73. The lowest BCUT2D eigenvalue weighted by atomic mass is 10.0. The van der Waals surface area contributed by atoms with Gasteiger partial charge < -0.3 is 11.1 Å². The zero-order chi connectivity index (χ0) is 9.31. The lowest BCUT2D eigenvalue weighted by Crippen LogP contribution is -2.36. The molecule has 0 aromatic heterocycles. The van der Waals surface area contributed by atoms with Gasteiger partial charge in [0.1, 0.15) is 0 Å². The Kier molecular flexibility index (Phi) is 2.61. The molecule has 0 aromatic rings. The van der Waals surface area contributed by atoms with E-state index in [0.717, 1.165) is 24.3 Å². The minimum atomic E-state index is 0.356. The molecule has 0 aromatic carbocycles. The number of nitrogens with two attached hydrogens (primary N) is 1. The highest BCUT2D eigenvalue weighted by Gasteiger charge is 2.53. The van der Waals surface area contributed by atoms with Crippen LogP contribution in [0.1, 0.15) is 39.0 Å². The highest BCUT2D eigenvalue weighted by molar-refractivity contribution is 5.05. The molecule has 2 heteroatoms. The van der Waals surface area contributed by atoms with Crippen molar-refractivity contribution in [3.05, 3.63) is 0 Å². The zero-order valence-corrected chi connectivity index (χ0v) is 8.68. The van der Waals surface area contributed by atoms with Crippen LogP contribution in [0.4, 0.5) is 0 Å². The lowest BCUT2D eigenvalue weighted by Gasteiger charge is -2.17. The van der Waals surface area contributed by atoms with Gasteiger partial charge >= 0.3 is 0 Å². The highest BCUT2D eigenvalue weighted by Crippen LogP contribution is 2.60. The molecular weight excluding hydrogens is 160 g/mol. The summed E-state index contributed by atoms with van der Waals surface area (Å²) in [6.45, 7) is 4.39. The Morgan fingerprint density at radius 1 is 1.46 bits per heavy atom. The van der Waals surface area contributed by atoms with Crippen molar-refractivity contribution in [2.75, 3.05) is 13.1 Å². The van der Waals surface area contributed by atoms with Gasteiger partial charge in [-0.05, 0) is 43.4 Å². The van der Waals surface area contributed by atoms with Gasteiger partial charge in [-0.25, -0.2) is 0 Å². The van der Waals surface area contributed by atoms with Gasteiger partial charge in [0.05, 0.1) is 0 Å². The predicted octanol–water partition coefficient (Wildman–Crippen LogP) is 1.50. The summed E-state index contributed by atoms with van der Waals surface area (Å²) in [5.41, 5.74) is 6.58. The molecule has 0 saturated heterocycles. The van der Waals surface area contributed by atoms with Gasteiger partial charge in [-0.1, -0.05) is 6.92 Å². The van der Waals surface area contributed by atoms with Crippen molar-refractivity contribution in [1.82, 2.24) is 5.32 Å². The van der Waals surface area contributed by atoms with E-state index in [4.69, 9.17) is 5.73 Å². The van der Waals surface area contributed by atoms with Crippen molar-refractivity contribution in [1.29, 1.82) is 0 Å². The van der Waals surface area contributed by atoms with Crippen molar-refractivity contribution in [3.63, 3.8) is 0 Å². The van der Waals surface area contributed by atoms with Crippen LogP contribution in [-0.4, -0.2) is 19.1 Å². The Bertz CT molecular complexity index is 171. The van der Waals surface area contributed by atoms with Crippen molar-refractivity contribution in [2.45, 2.75) is 45.1 Å². The number of hydrogen-bond acceptors (Lipinski definition) is 2. The summed E-state index contributed by atoms with van der Waals surface area (Å²) in [5.74, 6) is 1.07. The number of hydrogen-bond donors (Lipinski definition) is 2. The Labute approximate surface area is 81.3 Å². The summed E-state index contributed by atoms with van der Waals surface area (Å²) < 4.78 is 0. The molecule has 1 unspecified atom stereocenters. The molecule has 2 rings (SSSR count). The van der Waals surface area contributed by atoms with E-state index in [-0.39, 0.29) is 0 Å². The third kappa shape index (κ3) is 2.23. The average molecular weight is 182 g/mol. The van der Waals surface area contributed by atoms with Gasteiger partial charge in [-0.2, -0.15) is 0 Å². The molecule has 0 bridgehead atoms. The minimum Gasteiger partial charge on any atom is -0.327 e. The molecule has 2 saturated carbocycles. The van der Waals surface area contributed by atoms with E-state index in [2.05, 4.69) is 12.2 Å². The maximum Gasteiger partial charge on any atom is 0.0162 e. The Balaban J connectivity index is 1.62. The SMILES string of the molecule is CCC(N)CNCC1(C2CC2)CC1.